The molecule has 3 nitrogen and oxygen atoms in total. The van der Waals surface area contributed by atoms with E-state index in [9.17, 15) is 0 Å². The minimum Gasteiger partial charge on any atom is -0.325 e. The van der Waals surface area contributed by atoms with Crippen molar-refractivity contribution >= 4 is 21.9 Å². The normalized spacial score (nSPS) is 11.4. The maximum atomic E-state index is 4.89. The maximum absolute atomic E-state index is 4.89. The third-order valence-electron chi connectivity index (χ3n) is 4.49. The molecule has 120 valence electrons. The summed E-state index contributed by atoms with van der Waals surface area (Å²) in [6.07, 6.45) is 5.26. The fraction of sp³-hybridized carbons (Fsp3) is 0.238. The largest absolute Gasteiger partial charge is 0.325 e. The fourth-order valence-corrected chi connectivity index (χ4v) is 3.26. The summed E-state index contributed by atoms with van der Waals surface area (Å²) in [6, 6.07) is 18.9. The van der Waals surface area contributed by atoms with Crippen molar-refractivity contribution in [2.45, 2.75) is 32.7 Å². The zero-order chi connectivity index (χ0) is 16.4. The van der Waals surface area contributed by atoms with Crippen LogP contribution >= 0.6 is 0 Å². The summed E-state index contributed by atoms with van der Waals surface area (Å²) in [4.78, 5) is 9.60. The van der Waals surface area contributed by atoms with Crippen molar-refractivity contribution < 1.29 is 0 Å². The van der Waals surface area contributed by atoms with Gasteiger partial charge in [0.2, 0.25) is 0 Å². The first-order chi connectivity index (χ1) is 11.9. The number of para-hydroxylation sites is 1. The molecule has 24 heavy (non-hydrogen) atoms. The molecule has 4 rings (SSSR count). The second-order valence-corrected chi connectivity index (χ2v) is 6.23. The van der Waals surface area contributed by atoms with Crippen molar-refractivity contribution in [3.8, 4) is 0 Å². The van der Waals surface area contributed by atoms with Crippen molar-refractivity contribution in [1.82, 2.24) is 14.5 Å². The van der Waals surface area contributed by atoms with Crippen molar-refractivity contribution in [2.75, 3.05) is 0 Å². The van der Waals surface area contributed by atoms with Gasteiger partial charge in [-0.2, -0.15) is 0 Å². The number of rotatable bonds is 5. The Morgan fingerprint density at radius 1 is 0.958 bits per heavy atom. The zero-order valence-corrected chi connectivity index (χ0v) is 13.9. The van der Waals surface area contributed by atoms with E-state index in [-0.39, 0.29) is 0 Å². The number of aromatic nitrogens is 3. The highest BCUT2D eigenvalue weighted by atomic mass is 15.1. The first-order valence-corrected chi connectivity index (χ1v) is 8.63. The third-order valence-corrected chi connectivity index (χ3v) is 4.49. The van der Waals surface area contributed by atoms with Crippen LogP contribution in [0.4, 0.5) is 0 Å². The first-order valence-electron chi connectivity index (χ1n) is 8.63. The van der Waals surface area contributed by atoms with Gasteiger partial charge in [0.25, 0.3) is 0 Å². The lowest BCUT2D eigenvalue weighted by atomic mass is 10.1. The molecule has 0 saturated heterocycles. The number of aryl methyl sites for hydroxylation is 1. The van der Waals surface area contributed by atoms with Crippen LogP contribution in [0.15, 0.2) is 60.9 Å². The van der Waals surface area contributed by atoms with Crippen LogP contribution in [-0.4, -0.2) is 14.5 Å². The van der Waals surface area contributed by atoms with Gasteiger partial charge < -0.3 is 4.57 Å². The molecule has 2 heterocycles. The molecule has 2 aromatic carbocycles. The molecule has 0 radical (unpaired) electrons. The highest BCUT2D eigenvalue weighted by molar-refractivity contribution is 6.03. The molecule has 0 saturated carbocycles. The highest BCUT2D eigenvalue weighted by Gasteiger charge is 2.13. The van der Waals surface area contributed by atoms with Gasteiger partial charge in [0.05, 0.1) is 23.1 Å². The van der Waals surface area contributed by atoms with Crippen LogP contribution < -0.4 is 0 Å². The maximum Gasteiger partial charge on any atom is 0.111 e. The van der Waals surface area contributed by atoms with Crippen LogP contribution in [0.5, 0.6) is 0 Å². The lowest BCUT2D eigenvalue weighted by molar-refractivity contribution is 0.783. The zero-order valence-electron chi connectivity index (χ0n) is 13.9. The molecule has 0 amide bonds. The van der Waals surface area contributed by atoms with Crippen LogP contribution in [0.1, 0.15) is 31.0 Å². The SMILES string of the molecule is CCCCc1nc2ccccc2c2c1ncn2Cc1ccccc1. The molecule has 0 spiro atoms. The molecule has 0 bridgehead atoms. The summed E-state index contributed by atoms with van der Waals surface area (Å²) in [5, 5.41) is 1.18. The van der Waals surface area contributed by atoms with E-state index in [0.717, 1.165) is 36.1 Å². The average molecular weight is 315 g/mol. The molecule has 4 aromatic rings. The molecular weight excluding hydrogens is 294 g/mol. The average Bonchev–Trinajstić information content (AvgIpc) is 3.05. The Hall–Kier alpha value is -2.68. The predicted molar refractivity (Wildman–Crippen MR) is 99.2 cm³/mol. The number of hydrogen-bond donors (Lipinski definition) is 0. The van der Waals surface area contributed by atoms with E-state index in [1.54, 1.807) is 0 Å². The third kappa shape index (κ3) is 2.67. The van der Waals surface area contributed by atoms with Gasteiger partial charge in [-0.25, -0.2) is 4.98 Å². The molecule has 0 aliphatic carbocycles. The van der Waals surface area contributed by atoms with E-state index in [0.29, 0.717) is 0 Å². The Morgan fingerprint density at radius 3 is 2.58 bits per heavy atom. The van der Waals surface area contributed by atoms with Crippen LogP contribution in [0, 0.1) is 0 Å². The molecule has 0 aliphatic rings. The van der Waals surface area contributed by atoms with Gasteiger partial charge in [-0.1, -0.05) is 61.9 Å². The highest BCUT2D eigenvalue weighted by Crippen LogP contribution is 2.27. The Bertz CT molecular complexity index is 970. The number of unbranched alkanes of at least 4 members (excludes halogenated alkanes) is 1. The van der Waals surface area contributed by atoms with Crippen molar-refractivity contribution in [3.05, 3.63) is 72.2 Å². The summed E-state index contributed by atoms with van der Waals surface area (Å²) in [5.74, 6) is 0. The van der Waals surface area contributed by atoms with E-state index in [4.69, 9.17) is 9.97 Å². The molecule has 3 heteroatoms. The Morgan fingerprint density at radius 2 is 1.75 bits per heavy atom. The van der Waals surface area contributed by atoms with Gasteiger partial charge in [-0.05, 0) is 24.5 Å². The predicted octanol–water partition coefficient (Wildman–Crippen LogP) is 4.98. The van der Waals surface area contributed by atoms with Crippen LogP contribution in [-0.2, 0) is 13.0 Å². The standard InChI is InChI=1S/C21H21N3/c1-2-3-12-19-20-21(17-11-7-8-13-18(17)23-19)24(15-22-20)14-16-9-5-4-6-10-16/h4-11,13,15H,2-3,12,14H2,1H3. The van der Waals surface area contributed by atoms with Crippen LogP contribution in [0.25, 0.3) is 21.9 Å². The number of fused-ring (bicyclic) bond motifs is 3. The lowest BCUT2D eigenvalue weighted by Gasteiger charge is -2.09. The molecule has 0 atom stereocenters. The number of pyridine rings is 1. The second-order valence-electron chi connectivity index (χ2n) is 6.23. The lowest BCUT2D eigenvalue weighted by Crippen LogP contribution is -2.00. The van der Waals surface area contributed by atoms with E-state index in [1.165, 1.54) is 22.9 Å². The first kappa shape index (κ1) is 14.9. The van der Waals surface area contributed by atoms with E-state index in [1.807, 2.05) is 6.33 Å². The van der Waals surface area contributed by atoms with Gasteiger partial charge in [-0.3, -0.25) is 4.98 Å². The molecular formula is C21H21N3. The number of benzene rings is 2. The Kier molecular flexibility index (Phi) is 3.99. The van der Waals surface area contributed by atoms with Crippen LogP contribution in [0.2, 0.25) is 0 Å². The van der Waals surface area contributed by atoms with Gasteiger partial charge in [-0.15, -0.1) is 0 Å². The molecule has 0 unspecified atom stereocenters. The quantitative estimate of drug-likeness (QED) is 0.520. The van der Waals surface area contributed by atoms with Gasteiger partial charge in [0.15, 0.2) is 0 Å². The monoisotopic (exact) mass is 315 g/mol. The van der Waals surface area contributed by atoms with Gasteiger partial charge in [0.1, 0.15) is 5.52 Å². The molecule has 0 fully saturated rings. The minimum absolute atomic E-state index is 0.832. The van der Waals surface area contributed by atoms with E-state index < -0.39 is 0 Å². The molecule has 0 N–H and O–H groups in total. The topological polar surface area (TPSA) is 30.7 Å². The number of nitrogens with zero attached hydrogens (tertiary/aromatic N) is 3. The fourth-order valence-electron chi connectivity index (χ4n) is 3.26. The smallest absolute Gasteiger partial charge is 0.111 e. The second kappa shape index (κ2) is 6.44. The number of hydrogen-bond acceptors (Lipinski definition) is 2. The van der Waals surface area contributed by atoms with E-state index >= 15 is 0 Å². The summed E-state index contributed by atoms with van der Waals surface area (Å²) in [7, 11) is 0. The van der Waals surface area contributed by atoms with Gasteiger partial charge in [0, 0.05) is 11.9 Å². The van der Waals surface area contributed by atoms with Crippen LogP contribution in [0.3, 0.4) is 0 Å². The van der Waals surface area contributed by atoms with Crippen molar-refractivity contribution in [1.29, 1.82) is 0 Å². The molecule has 0 aliphatic heterocycles. The summed E-state index contributed by atoms with van der Waals surface area (Å²) in [6.45, 7) is 3.05. The Labute approximate surface area is 142 Å². The summed E-state index contributed by atoms with van der Waals surface area (Å²) >= 11 is 0. The molecule has 2 aromatic heterocycles. The Balaban J connectivity index is 1.90. The summed E-state index contributed by atoms with van der Waals surface area (Å²) < 4.78 is 2.25. The van der Waals surface area contributed by atoms with E-state index in [2.05, 4.69) is 66.1 Å². The van der Waals surface area contributed by atoms with Gasteiger partial charge >= 0.3 is 0 Å². The van der Waals surface area contributed by atoms with Crippen molar-refractivity contribution in [2.24, 2.45) is 0 Å². The van der Waals surface area contributed by atoms with Crippen molar-refractivity contribution in [3.63, 3.8) is 0 Å². The minimum atomic E-state index is 0.832. The number of imidazole rings is 1. The summed E-state index contributed by atoms with van der Waals surface area (Å²) in [5.41, 5.74) is 5.73.